The number of amides is 1. The van der Waals surface area contributed by atoms with Crippen molar-refractivity contribution in [1.29, 1.82) is 0 Å². The largest absolute Gasteiger partial charge is 0.385 e. The molecule has 106 valence electrons. The number of carbonyl (C=O) groups excluding carboxylic acids is 1. The number of rotatable bonds is 6. The molecule has 0 radical (unpaired) electrons. The first-order valence-electron chi connectivity index (χ1n) is 7.06. The Bertz CT molecular complexity index is 438. The molecule has 0 aliphatic heterocycles. The summed E-state index contributed by atoms with van der Waals surface area (Å²) in [4.78, 5) is 12.2. The van der Waals surface area contributed by atoms with E-state index in [1.165, 1.54) is 0 Å². The molecule has 1 rings (SSSR count). The van der Waals surface area contributed by atoms with Gasteiger partial charge in [0.05, 0.1) is 0 Å². The molecule has 0 saturated carbocycles. The van der Waals surface area contributed by atoms with Crippen LogP contribution in [0.5, 0.6) is 0 Å². The first kappa shape index (κ1) is 15.5. The lowest BCUT2D eigenvalue weighted by molar-refractivity contribution is 0.0910. The van der Waals surface area contributed by atoms with Gasteiger partial charge < -0.3 is 10.6 Å². The van der Waals surface area contributed by atoms with Crippen molar-refractivity contribution >= 4 is 11.6 Å². The second kappa shape index (κ2) is 6.60. The molecule has 1 amide bonds. The molecule has 19 heavy (non-hydrogen) atoms. The van der Waals surface area contributed by atoms with Gasteiger partial charge in [0.25, 0.3) is 5.91 Å². The van der Waals surface area contributed by atoms with E-state index in [-0.39, 0.29) is 11.4 Å². The molecule has 0 unspecified atom stereocenters. The molecule has 0 fully saturated rings. The van der Waals surface area contributed by atoms with Gasteiger partial charge in [0.1, 0.15) is 0 Å². The molecule has 2 N–H and O–H groups in total. The highest BCUT2D eigenvalue weighted by Gasteiger charge is 2.19. The third-order valence-electron chi connectivity index (χ3n) is 3.39. The first-order chi connectivity index (χ1) is 8.89. The Morgan fingerprint density at radius 1 is 1.26 bits per heavy atom. The molecular weight excluding hydrogens is 236 g/mol. The minimum absolute atomic E-state index is 0.00592. The molecule has 0 heterocycles. The first-order valence-corrected chi connectivity index (χ1v) is 7.06. The zero-order valence-electron chi connectivity index (χ0n) is 12.8. The number of benzene rings is 1. The Balaban J connectivity index is 2.81. The number of nitrogens with one attached hydrogen (secondary N) is 2. The number of aryl methyl sites for hydroxylation is 1. The Morgan fingerprint density at radius 3 is 2.47 bits per heavy atom. The lowest BCUT2D eigenvalue weighted by Gasteiger charge is -2.25. The highest BCUT2D eigenvalue weighted by molar-refractivity contribution is 5.96. The smallest absolute Gasteiger partial charge is 0.251 e. The van der Waals surface area contributed by atoms with Crippen molar-refractivity contribution in [2.24, 2.45) is 0 Å². The predicted octanol–water partition coefficient (Wildman–Crippen LogP) is 3.74. The van der Waals surface area contributed by atoms with E-state index >= 15 is 0 Å². The summed E-state index contributed by atoms with van der Waals surface area (Å²) in [6, 6.07) is 5.90. The van der Waals surface area contributed by atoms with Crippen molar-refractivity contribution in [2.45, 2.75) is 53.0 Å². The van der Waals surface area contributed by atoms with Crippen LogP contribution in [-0.2, 0) is 0 Å². The number of hydrogen-bond donors (Lipinski definition) is 2. The van der Waals surface area contributed by atoms with E-state index in [1.807, 2.05) is 39.0 Å². The van der Waals surface area contributed by atoms with Gasteiger partial charge in [-0.1, -0.05) is 13.8 Å². The summed E-state index contributed by atoms with van der Waals surface area (Å²) >= 11 is 0. The minimum Gasteiger partial charge on any atom is -0.385 e. The van der Waals surface area contributed by atoms with Gasteiger partial charge in [-0.3, -0.25) is 4.79 Å². The standard InChI is InChI=1S/C16H26N2O/c1-6-10-17-13-8-9-14(12(3)11-13)15(19)18-16(4,5)7-2/h8-9,11,17H,6-7,10H2,1-5H3,(H,18,19). The average molecular weight is 262 g/mol. The molecule has 1 aromatic carbocycles. The normalized spacial score (nSPS) is 11.2. The zero-order chi connectivity index (χ0) is 14.5. The van der Waals surface area contributed by atoms with E-state index in [1.54, 1.807) is 0 Å². The summed E-state index contributed by atoms with van der Waals surface area (Å²) in [5.41, 5.74) is 2.67. The molecule has 0 bridgehead atoms. The Morgan fingerprint density at radius 2 is 1.95 bits per heavy atom. The number of hydrogen-bond acceptors (Lipinski definition) is 2. The van der Waals surface area contributed by atoms with Gasteiger partial charge in [-0.15, -0.1) is 0 Å². The molecule has 0 aromatic heterocycles. The van der Waals surface area contributed by atoms with Crippen LogP contribution < -0.4 is 10.6 Å². The van der Waals surface area contributed by atoms with Crippen LogP contribution in [0.15, 0.2) is 18.2 Å². The van der Waals surface area contributed by atoms with Gasteiger partial charge in [0.2, 0.25) is 0 Å². The Labute approximate surface area is 116 Å². The van der Waals surface area contributed by atoms with Gasteiger partial charge in [0, 0.05) is 23.3 Å². The maximum Gasteiger partial charge on any atom is 0.251 e. The van der Waals surface area contributed by atoms with Crippen LogP contribution in [-0.4, -0.2) is 18.0 Å². The highest BCUT2D eigenvalue weighted by Crippen LogP contribution is 2.17. The SMILES string of the molecule is CCCNc1ccc(C(=O)NC(C)(C)CC)c(C)c1. The van der Waals surface area contributed by atoms with Crippen molar-refractivity contribution in [1.82, 2.24) is 5.32 Å². The minimum atomic E-state index is -0.164. The highest BCUT2D eigenvalue weighted by atomic mass is 16.1. The number of anilines is 1. The molecule has 0 spiro atoms. The van der Waals surface area contributed by atoms with Crippen molar-refractivity contribution in [3.8, 4) is 0 Å². The third kappa shape index (κ3) is 4.58. The fourth-order valence-corrected chi connectivity index (χ4v) is 1.76. The van der Waals surface area contributed by atoms with Gasteiger partial charge >= 0.3 is 0 Å². The summed E-state index contributed by atoms with van der Waals surface area (Å²) in [5, 5.41) is 6.40. The van der Waals surface area contributed by atoms with Crippen LogP contribution in [0, 0.1) is 6.92 Å². The molecule has 0 aliphatic carbocycles. The van der Waals surface area contributed by atoms with Gasteiger partial charge in [-0.2, -0.15) is 0 Å². The molecule has 0 aliphatic rings. The summed E-state index contributed by atoms with van der Waals surface area (Å²) in [6.07, 6.45) is 2.00. The lowest BCUT2D eigenvalue weighted by atomic mass is 10.00. The van der Waals surface area contributed by atoms with Crippen LogP contribution in [0.1, 0.15) is 56.5 Å². The summed E-state index contributed by atoms with van der Waals surface area (Å²) in [6.45, 7) is 11.2. The lowest BCUT2D eigenvalue weighted by Crippen LogP contribution is -2.43. The molecule has 3 nitrogen and oxygen atoms in total. The van der Waals surface area contributed by atoms with Gasteiger partial charge in [-0.25, -0.2) is 0 Å². The van der Waals surface area contributed by atoms with Crippen LogP contribution >= 0.6 is 0 Å². The van der Waals surface area contributed by atoms with Crippen LogP contribution in [0.25, 0.3) is 0 Å². The maximum absolute atomic E-state index is 12.2. The van der Waals surface area contributed by atoms with Crippen LogP contribution in [0.2, 0.25) is 0 Å². The summed E-state index contributed by atoms with van der Waals surface area (Å²) < 4.78 is 0. The fraction of sp³-hybridized carbons (Fsp3) is 0.562. The van der Waals surface area contributed by atoms with E-state index < -0.39 is 0 Å². The third-order valence-corrected chi connectivity index (χ3v) is 3.39. The maximum atomic E-state index is 12.2. The summed E-state index contributed by atoms with van der Waals surface area (Å²) in [5.74, 6) is 0.00592. The topological polar surface area (TPSA) is 41.1 Å². The Kier molecular flexibility index (Phi) is 5.40. The average Bonchev–Trinajstić information content (AvgIpc) is 2.35. The quantitative estimate of drug-likeness (QED) is 0.820. The second-order valence-electron chi connectivity index (χ2n) is 5.65. The van der Waals surface area contributed by atoms with Crippen molar-refractivity contribution in [3.05, 3.63) is 29.3 Å². The monoisotopic (exact) mass is 262 g/mol. The second-order valence-corrected chi connectivity index (χ2v) is 5.65. The Hall–Kier alpha value is -1.51. The molecule has 3 heteroatoms. The van der Waals surface area contributed by atoms with Crippen LogP contribution in [0.4, 0.5) is 5.69 Å². The van der Waals surface area contributed by atoms with Gasteiger partial charge in [0.15, 0.2) is 0 Å². The number of carbonyl (C=O) groups is 1. The van der Waals surface area contributed by atoms with E-state index in [4.69, 9.17) is 0 Å². The van der Waals surface area contributed by atoms with Crippen molar-refractivity contribution < 1.29 is 4.79 Å². The van der Waals surface area contributed by atoms with Crippen LogP contribution in [0.3, 0.4) is 0 Å². The van der Waals surface area contributed by atoms with Crippen molar-refractivity contribution in [3.63, 3.8) is 0 Å². The van der Waals surface area contributed by atoms with Gasteiger partial charge in [-0.05, 0) is 57.4 Å². The summed E-state index contributed by atoms with van der Waals surface area (Å²) in [7, 11) is 0. The van der Waals surface area contributed by atoms with E-state index in [0.29, 0.717) is 0 Å². The molecule has 0 atom stereocenters. The fourth-order valence-electron chi connectivity index (χ4n) is 1.76. The van der Waals surface area contributed by atoms with E-state index in [0.717, 1.165) is 36.2 Å². The predicted molar refractivity (Wildman–Crippen MR) is 81.8 cm³/mol. The van der Waals surface area contributed by atoms with Crippen molar-refractivity contribution in [2.75, 3.05) is 11.9 Å². The molecule has 1 aromatic rings. The zero-order valence-corrected chi connectivity index (χ0v) is 12.8. The van der Waals surface area contributed by atoms with E-state index in [2.05, 4.69) is 24.5 Å². The molecule has 0 saturated heterocycles. The van der Waals surface area contributed by atoms with E-state index in [9.17, 15) is 4.79 Å². The molecular formula is C16H26N2O.